The van der Waals surface area contributed by atoms with Crippen LogP contribution in [0.1, 0.15) is 5.56 Å². The minimum absolute atomic E-state index is 0. The Morgan fingerprint density at radius 3 is 2.45 bits per heavy atom. The largest absolute Gasteiger partial charge is 1.00 e. The summed E-state index contributed by atoms with van der Waals surface area (Å²) in [6.45, 7) is 0. The number of benzene rings is 2. The van der Waals surface area contributed by atoms with E-state index in [1.165, 1.54) is 12.4 Å². The fourth-order valence-electron chi connectivity index (χ4n) is 2.01. The van der Waals surface area contributed by atoms with Gasteiger partial charge in [0.15, 0.2) is 0 Å². The minimum atomic E-state index is -4.37. The molecular formula is C15H10ClF3N3-. The van der Waals surface area contributed by atoms with Gasteiger partial charge in [0.2, 0.25) is 0 Å². The third-order valence-electron chi connectivity index (χ3n) is 3.00. The van der Waals surface area contributed by atoms with E-state index in [9.17, 15) is 13.2 Å². The van der Waals surface area contributed by atoms with E-state index in [0.717, 1.165) is 23.0 Å². The summed E-state index contributed by atoms with van der Waals surface area (Å²) in [5.41, 5.74) is 0.349. The van der Waals surface area contributed by atoms with Crippen LogP contribution in [0.25, 0.3) is 10.9 Å². The number of aromatic nitrogens is 2. The van der Waals surface area contributed by atoms with E-state index >= 15 is 0 Å². The summed E-state index contributed by atoms with van der Waals surface area (Å²) >= 11 is 0. The molecule has 0 aliphatic rings. The van der Waals surface area contributed by atoms with Crippen molar-refractivity contribution < 1.29 is 25.6 Å². The van der Waals surface area contributed by atoms with Crippen LogP contribution in [0.15, 0.2) is 54.9 Å². The molecule has 0 atom stereocenters. The van der Waals surface area contributed by atoms with Crippen LogP contribution in [-0.2, 0) is 6.18 Å². The third-order valence-corrected chi connectivity index (χ3v) is 3.00. The second-order valence-electron chi connectivity index (χ2n) is 4.44. The molecule has 114 valence electrons. The Kier molecular flexibility index (Phi) is 4.51. The Morgan fingerprint density at radius 2 is 1.68 bits per heavy atom. The number of hydrogen-bond acceptors (Lipinski definition) is 3. The normalized spacial score (nSPS) is 11.0. The molecule has 3 aromatic rings. The van der Waals surface area contributed by atoms with Crippen molar-refractivity contribution in [3.05, 3.63) is 60.4 Å². The zero-order chi connectivity index (χ0) is 14.9. The van der Waals surface area contributed by atoms with Gasteiger partial charge in [-0.05, 0) is 30.3 Å². The van der Waals surface area contributed by atoms with Crippen LogP contribution in [-0.4, -0.2) is 9.97 Å². The van der Waals surface area contributed by atoms with Gasteiger partial charge in [-0.25, -0.2) is 9.97 Å². The Balaban J connectivity index is 0.00000176. The van der Waals surface area contributed by atoms with E-state index in [1.54, 1.807) is 6.07 Å². The highest BCUT2D eigenvalue weighted by Crippen LogP contribution is 2.31. The van der Waals surface area contributed by atoms with Gasteiger partial charge in [0, 0.05) is 11.1 Å². The van der Waals surface area contributed by atoms with E-state index in [0.29, 0.717) is 11.5 Å². The zero-order valence-electron chi connectivity index (χ0n) is 11.1. The molecule has 0 radical (unpaired) electrons. The predicted octanol–water partition coefficient (Wildman–Crippen LogP) is 1.40. The summed E-state index contributed by atoms with van der Waals surface area (Å²) in [5, 5.41) is 3.66. The average molecular weight is 325 g/mol. The first-order valence-corrected chi connectivity index (χ1v) is 6.18. The molecular weight excluding hydrogens is 315 g/mol. The van der Waals surface area contributed by atoms with Gasteiger partial charge in [0.1, 0.15) is 12.1 Å². The van der Waals surface area contributed by atoms with Crippen LogP contribution >= 0.6 is 0 Å². The second-order valence-corrected chi connectivity index (χ2v) is 4.44. The number of alkyl halides is 3. The molecule has 22 heavy (non-hydrogen) atoms. The van der Waals surface area contributed by atoms with Gasteiger partial charge in [-0.1, -0.05) is 18.2 Å². The van der Waals surface area contributed by atoms with Gasteiger partial charge in [0.25, 0.3) is 0 Å². The van der Waals surface area contributed by atoms with Crippen molar-refractivity contribution in [2.24, 2.45) is 0 Å². The number of nitrogens with zero attached hydrogens (tertiary/aromatic N) is 2. The lowest BCUT2D eigenvalue weighted by molar-refractivity contribution is -0.137. The lowest BCUT2D eigenvalue weighted by Crippen LogP contribution is -3.00. The Labute approximate surface area is 130 Å². The van der Waals surface area contributed by atoms with Crippen molar-refractivity contribution in [1.29, 1.82) is 0 Å². The van der Waals surface area contributed by atoms with Crippen LogP contribution in [0, 0.1) is 0 Å². The number of rotatable bonds is 2. The fraction of sp³-hybridized carbons (Fsp3) is 0.0667. The summed E-state index contributed by atoms with van der Waals surface area (Å²) in [7, 11) is 0. The molecule has 3 nitrogen and oxygen atoms in total. The van der Waals surface area contributed by atoms with E-state index in [2.05, 4.69) is 15.3 Å². The van der Waals surface area contributed by atoms with Crippen molar-refractivity contribution in [3.63, 3.8) is 0 Å². The molecule has 0 amide bonds. The van der Waals surface area contributed by atoms with Gasteiger partial charge < -0.3 is 17.7 Å². The van der Waals surface area contributed by atoms with Crippen LogP contribution in [0.3, 0.4) is 0 Å². The molecule has 3 rings (SSSR count). The van der Waals surface area contributed by atoms with E-state index in [1.807, 2.05) is 24.3 Å². The third kappa shape index (κ3) is 3.28. The number of fused-ring (bicyclic) bond motifs is 1. The quantitative estimate of drug-likeness (QED) is 0.774. The number of nitrogens with one attached hydrogen (secondary N) is 1. The smallest absolute Gasteiger partial charge is 0.416 e. The van der Waals surface area contributed by atoms with Crippen molar-refractivity contribution in [3.8, 4) is 0 Å². The van der Waals surface area contributed by atoms with Gasteiger partial charge in [-0.3, -0.25) is 0 Å². The summed E-state index contributed by atoms with van der Waals surface area (Å²) < 4.78 is 38.1. The molecule has 0 spiro atoms. The molecule has 0 aliphatic heterocycles. The van der Waals surface area contributed by atoms with Crippen molar-refractivity contribution in [2.45, 2.75) is 6.18 Å². The molecule has 1 N–H and O–H groups in total. The molecule has 1 aromatic heterocycles. The second kappa shape index (κ2) is 6.19. The molecule has 0 bridgehead atoms. The lowest BCUT2D eigenvalue weighted by atomic mass is 10.2. The molecule has 7 heteroatoms. The number of para-hydroxylation sites is 1. The van der Waals surface area contributed by atoms with E-state index in [4.69, 9.17) is 0 Å². The number of anilines is 2. The monoisotopic (exact) mass is 324 g/mol. The summed E-state index contributed by atoms with van der Waals surface area (Å²) in [4.78, 5) is 8.20. The van der Waals surface area contributed by atoms with Crippen LogP contribution < -0.4 is 17.7 Å². The molecule has 0 unspecified atom stereocenters. The highest BCUT2D eigenvalue weighted by atomic mass is 35.5. The Hall–Kier alpha value is -2.34. The maximum atomic E-state index is 12.7. The Bertz CT molecular complexity index is 785. The number of halogens is 4. The molecule has 0 saturated carbocycles. The average Bonchev–Trinajstić information content (AvgIpc) is 2.47. The van der Waals surface area contributed by atoms with Crippen molar-refractivity contribution in [1.82, 2.24) is 9.97 Å². The minimum Gasteiger partial charge on any atom is -1.00 e. The topological polar surface area (TPSA) is 37.8 Å². The summed E-state index contributed by atoms with van der Waals surface area (Å²) in [6.07, 6.45) is -3.00. The standard InChI is InChI=1S/C15H10F3N3.ClH/c16-15(17,18)10-4-3-5-11(8-10)21-14-12-6-1-2-7-13(12)19-9-20-14;/h1-9H,(H,19,20,21);1H/p-1. The molecule has 0 fully saturated rings. The summed E-state index contributed by atoms with van der Waals surface area (Å²) in [5.74, 6) is 0.472. The predicted molar refractivity (Wildman–Crippen MR) is 74.3 cm³/mol. The van der Waals surface area contributed by atoms with Gasteiger partial charge in [-0.15, -0.1) is 0 Å². The van der Waals surface area contributed by atoms with E-state index < -0.39 is 11.7 Å². The van der Waals surface area contributed by atoms with Crippen LogP contribution in [0.4, 0.5) is 24.7 Å². The van der Waals surface area contributed by atoms with Crippen LogP contribution in [0.5, 0.6) is 0 Å². The van der Waals surface area contributed by atoms with E-state index in [-0.39, 0.29) is 12.4 Å². The van der Waals surface area contributed by atoms with Crippen LogP contribution in [0.2, 0.25) is 0 Å². The highest BCUT2D eigenvalue weighted by Gasteiger charge is 2.30. The van der Waals surface area contributed by atoms with Gasteiger partial charge >= 0.3 is 6.18 Å². The maximum Gasteiger partial charge on any atom is 0.416 e. The molecule has 0 aliphatic carbocycles. The van der Waals surface area contributed by atoms with Gasteiger partial charge in [0.05, 0.1) is 11.1 Å². The SMILES string of the molecule is FC(F)(F)c1cccc(Nc2ncnc3ccccc23)c1.[Cl-]. The highest BCUT2D eigenvalue weighted by molar-refractivity contribution is 5.90. The number of hydrogen-bond donors (Lipinski definition) is 1. The van der Waals surface area contributed by atoms with Gasteiger partial charge in [-0.2, -0.15) is 13.2 Å². The molecule has 1 heterocycles. The van der Waals surface area contributed by atoms with Crippen molar-refractivity contribution >= 4 is 22.4 Å². The summed E-state index contributed by atoms with van der Waals surface area (Å²) in [6, 6.07) is 12.3. The first kappa shape index (κ1) is 16.0. The zero-order valence-corrected chi connectivity index (χ0v) is 11.9. The molecule has 2 aromatic carbocycles. The first-order valence-electron chi connectivity index (χ1n) is 6.18. The maximum absolute atomic E-state index is 12.7. The fourth-order valence-corrected chi connectivity index (χ4v) is 2.01. The Morgan fingerprint density at radius 1 is 0.909 bits per heavy atom. The lowest BCUT2D eigenvalue weighted by Gasteiger charge is -2.11. The van der Waals surface area contributed by atoms with Crippen molar-refractivity contribution in [2.75, 3.05) is 5.32 Å². The first-order chi connectivity index (χ1) is 10.0. The molecule has 0 saturated heterocycles.